The molecule has 1 amide bonds. The van der Waals surface area contributed by atoms with Gasteiger partial charge in [-0.05, 0) is 6.92 Å². The number of thiazole rings is 1. The molecule has 2 heterocycles. The first-order valence-electron chi connectivity index (χ1n) is 6.41. The first-order valence-corrected chi connectivity index (χ1v) is 7.29. The topological polar surface area (TPSA) is 83.0 Å². The minimum Gasteiger partial charge on any atom is -0.476 e. The van der Waals surface area contributed by atoms with Crippen LogP contribution in [0.3, 0.4) is 0 Å². The van der Waals surface area contributed by atoms with Gasteiger partial charge in [-0.1, -0.05) is 0 Å². The molecule has 0 aliphatic carbocycles. The van der Waals surface area contributed by atoms with E-state index in [0.717, 1.165) is 4.88 Å². The largest absolute Gasteiger partial charge is 0.476 e. The van der Waals surface area contributed by atoms with Crippen molar-refractivity contribution in [1.82, 2.24) is 14.8 Å². The fraction of sp³-hybridized carbons (Fsp3) is 0.583. The summed E-state index contributed by atoms with van der Waals surface area (Å²) in [5, 5.41) is 9.01. The van der Waals surface area contributed by atoms with Crippen LogP contribution in [0.4, 0.5) is 4.79 Å². The van der Waals surface area contributed by atoms with Gasteiger partial charge in [0.1, 0.15) is 0 Å². The number of amides is 1. The molecule has 1 aromatic heterocycles. The lowest BCUT2D eigenvalue weighted by molar-refractivity contribution is 0.0686. The highest BCUT2D eigenvalue weighted by Gasteiger charge is 2.23. The summed E-state index contributed by atoms with van der Waals surface area (Å²) in [4.78, 5) is 31.0. The van der Waals surface area contributed by atoms with Gasteiger partial charge in [0, 0.05) is 32.7 Å². The maximum Gasteiger partial charge on any atom is 0.409 e. The second-order valence-corrected chi connectivity index (χ2v) is 5.33. The molecule has 2 rings (SSSR count). The highest BCUT2D eigenvalue weighted by Crippen LogP contribution is 2.17. The van der Waals surface area contributed by atoms with Crippen LogP contribution in [0.1, 0.15) is 22.3 Å². The van der Waals surface area contributed by atoms with Crippen LogP contribution in [0.2, 0.25) is 0 Å². The number of piperazine rings is 1. The van der Waals surface area contributed by atoms with Gasteiger partial charge in [-0.2, -0.15) is 0 Å². The van der Waals surface area contributed by atoms with Gasteiger partial charge < -0.3 is 14.7 Å². The second kappa shape index (κ2) is 6.67. The monoisotopic (exact) mass is 299 g/mol. The van der Waals surface area contributed by atoms with E-state index in [4.69, 9.17) is 9.84 Å². The quantitative estimate of drug-likeness (QED) is 0.897. The zero-order valence-electron chi connectivity index (χ0n) is 11.2. The van der Waals surface area contributed by atoms with Gasteiger partial charge in [0.05, 0.1) is 17.0 Å². The first kappa shape index (κ1) is 14.7. The number of nitrogens with zero attached hydrogens (tertiary/aromatic N) is 3. The number of carbonyl (C=O) groups is 2. The lowest BCUT2D eigenvalue weighted by Gasteiger charge is -2.33. The van der Waals surface area contributed by atoms with Gasteiger partial charge in [-0.15, -0.1) is 11.3 Å². The van der Waals surface area contributed by atoms with E-state index in [1.54, 1.807) is 17.3 Å². The number of carboxylic acid groups (broad SMARTS) is 1. The molecular weight excluding hydrogens is 282 g/mol. The Bertz CT molecular complexity index is 483. The first-order chi connectivity index (χ1) is 9.61. The third-order valence-electron chi connectivity index (χ3n) is 3.11. The van der Waals surface area contributed by atoms with Crippen LogP contribution in [0.15, 0.2) is 5.51 Å². The Labute approximate surface area is 120 Å². The Kier molecular flexibility index (Phi) is 4.91. The highest BCUT2D eigenvalue weighted by atomic mass is 32.1. The molecule has 1 aromatic rings. The predicted molar refractivity (Wildman–Crippen MR) is 72.9 cm³/mol. The standard InChI is InChI=1S/C12H17N3O4S/c1-2-19-12(18)15-5-3-14(4-6-15)7-9-10(11(16)17)13-8-20-9/h8H,2-7H2,1H3,(H,16,17). The van der Waals surface area contributed by atoms with E-state index in [-0.39, 0.29) is 11.8 Å². The minimum atomic E-state index is -0.994. The maximum absolute atomic E-state index is 11.6. The van der Waals surface area contributed by atoms with Crippen LogP contribution in [0.5, 0.6) is 0 Å². The van der Waals surface area contributed by atoms with Gasteiger partial charge >= 0.3 is 12.1 Å². The van der Waals surface area contributed by atoms with Crippen molar-refractivity contribution < 1.29 is 19.4 Å². The van der Waals surface area contributed by atoms with Crippen molar-refractivity contribution in [3.63, 3.8) is 0 Å². The molecule has 0 saturated carbocycles. The second-order valence-electron chi connectivity index (χ2n) is 4.39. The highest BCUT2D eigenvalue weighted by molar-refractivity contribution is 7.09. The lowest BCUT2D eigenvalue weighted by Crippen LogP contribution is -2.48. The van der Waals surface area contributed by atoms with Gasteiger partial charge in [-0.25, -0.2) is 14.6 Å². The molecule has 20 heavy (non-hydrogen) atoms. The van der Waals surface area contributed by atoms with Crippen LogP contribution >= 0.6 is 11.3 Å². The van der Waals surface area contributed by atoms with E-state index in [1.165, 1.54) is 11.3 Å². The van der Waals surface area contributed by atoms with Crippen molar-refractivity contribution in [2.45, 2.75) is 13.5 Å². The van der Waals surface area contributed by atoms with Crippen molar-refractivity contribution >= 4 is 23.4 Å². The SMILES string of the molecule is CCOC(=O)N1CCN(Cc2scnc2C(=O)O)CC1. The van der Waals surface area contributed by atoms with Crippen molar-refractivity contribution in [3.05, 3.63) is 16.1 Å². The minimum absolute atomic E-state index is 0.128. The van der Waals surface area contributed by atoms with Gasteiger partial charge in [-0.3, -0.25) is 4.90 Å². The molecule has 1 saturated heterocycles. The number of aromatic carboxylic acids is 1. The molecule has 1 N–H and O–H groups in total. The Balaban J connectivity index is 1.87. The molecule has 0 aromatic carbocycles. The van der Waals surface area contributed by atoms with Crippen molar-refractivity contribution in [2.75, 3.05) is 32.8 Å². The van der Waals surface area contributed by atoms with E-state index < -0.39 is 5.97 Å². The average molecular weight is 299 g/mol. The molecule has 0 bridgehead atoms. The molecule has 1 aliphatic rings. The van der Waals surface area contributed by atoms with Crippen molar-refractivity contribution in [3.8, 4) is 0 Å². The molecule has 0 unspecified atom stereocenters. The summed E-state index contributed by atoms with van der Waals surface area (Å²) < 4.78 is 4.96. The van der Waals surface area contributed by atoms with Crippen LogP contribution in [-0.2, 0) is 11.3 Å². The van der Waals surface area contributed by atoms with Gasteiger partial charge in [0.15, 0.2) is 5.69 Å². The van der Waals surface area contributed by atoms with Crippen LogP contribution in [0, 0.1) is 0 Å². The molecule has 0 radical (unpaired) electrons. The zero-order valence-corrected chi connectivity index (χ0v) is 12.1. The van der Waals surface area contributed by atoms with Crippen LogP contribution < -0.4 is 0 Å². The summed E-state index contributed by atoms with van der Waals surface area (Å²) in [5.41, 5.74) is 1.68. The number of hydrogen-bond acceptors (Lipinski definition) is 6. The molecule has 1 fully saturated rings. The van der Waals surface area contributed by atoms with Crippen LogP contribution in [0.25, 0.3) is 0 Å². The summed E-state index contributed by atoms with van der Waals surface area (Å²) >= 11 is 1.35. The van der Waals surface area contributed by atoms with E-state index in [0.29, 0.717) is 39.3 Å². The van der Waals surface area contributed by atoms with E-state index in [9.17, 15) is 9.59 Å². The number of carbonyl (C=O) groups excluding carboxylic acids is 1. The molecule has 0 atom stereocenters. The third-order valence-corrected chi connectivity index (χ3v) is 3.93. The number of carboxylic acids is 1. The fourth-order valence-corrected chi connectivity index (χ4v) is 2.86. The third kappa shape index (κ3) is 3.45. The Hall–Kier alpha value is -1.67. The normalized spacial score (nSPS) is 16.1. The Morgan fingerprint density at radius 2 is 2.10 bits per heavy atom. The summed E-state index contributed by atoms with van der Waals surface area (Å²) in [5.74, 6) is -0.994. The lowest BCUT2D eigenvalue weighted by atomic mass is 10.3. The Morgan fingerprint density at radius 1 is 1.40 bits per heavy atom. The number of ether oxygens (including phenoxy) is 1. The molecule has 8 heteroatoms. The Morgan fingerprint density at radius 3 is 2.70 bits per heavy atom. The number of aromatic nitrogens is 1. The maximum atomic E-state index is 11.6. The van der Waals surface area contributed by atoms with E-state index in [1.807, 2.05) is 0 Å². The number of rotatable bonds is 4. The average Bonchev–Trinajstić information content (AvgIpc) is 2.88. The predicted octanol–water partition coefficient (Wildman–Crippen LogP) is 1.12. The molecule has 0 spiro atoms. The summed E-state index contributed by atoms with van der Waals surface area (Å²) in [7, 11) is 0. The summed E-state index contributed by atoms with van der Waals surface area (Å²) in [6, 6.07) is 0. The van der Waals surface area contributed by atoms with Gasteiger partial charge in [0.2, 0.25) is 0 Å². The molecule has 1 aliphatic heterocycles. The number of hydrogen-bond donors (Lipinski definition) is 1. The molecule has 110 valence electrons. The fourth-order valence-electron chi connectivity index (χ4n) is 2.06. The molecule has 7 nitrogen and oxygen atoms in total. The van der Waals surface area contributed by atoms with Crippen LogP contribution in [-0.4, -0.2) is 64.7 Å². The molecular formula is C12H17N3O4S. The van der Waals surface area contributed by atoms with E-state index >= 15 is 0 Å². The van der Waals surface area contributed by atoms with Gasteiger partial charge in [0.25, 0.3) is 0 Å². The summed E-state index contributed by atoms with van der Waals surface area (Å²) in [6.45, 7) is 5.32. The smallest absolute Gasteiger partial charge is 0.409 e. The van der Waals surface area contributed by atoms with E-state index in [2.05, 4.69) is 9.88 Å². The van der Waals surface area contributed by atoms with Crippen molar-refractivity contribution in [2.24, 2.45) is 0 Å². The zero-order chi connectivity index (χ0) is 14.5. The summed E-state index contributed by atoms with van der Waals surface area (Å²) in [6.07, 6.45) is -0.281. The van der Waals surface area contributed by atoms with Crippen molar-refractivity contribution in [1.29, 1.82) is 0 Å².